The van der Waals surface area contributed by atoms with Crippen molar-refractivity contribution < 1.29 is 14.3 Å². The van der Waals surface area contributed by atoms with E-state index in [0.717, 1.165) is 11.3 Å². The predicted molar refractivity (Wildman–Crippen MR) is 121 cm³/mol. The Morgan fingerprint density at radius 2 is 1.70 bits per heavy atom. The lowest BCUT2D eigenvalue weighted by Gasteiger charge is -2.09. The maximum atomic E-state index is 12.6. The maximum Gasteiger partial charge on any atom is 0.325 e. The number of ether oxygens (including phenoxy) is 1. The van der Waals surface area contributed by atoms with Gasteiger partial charge < -0.3 is 15.4 Å². The zero-order valence-electron chi connectivity index (χ0n) is 17.3. The highest BCUT2D eigenvalue weighted by Crippen LogP contribution is 2.26. The first-order chi connectivity index (χ1) is 14.4. The zero-order valence-corrected chi connectivity index (χ0v) is 18.1. The first kappa shape index (κ1) is 21.3. The van der Waals surface area contributed by atoms with E-state index in [-0.39, 0.29) is 5.91 Å². The molecule has 0 unspecified atom stereocenters. The van der Waals surface area contributed by atoms with Crippen molar-refractivity contribution in [2.45, 2.75) is 26.7 Å². The summed E-state index contributed by atoms with van der Waals surface area (Å²) in [5.74, 6) is 0.709. The van der Waals surface area contributed by atoms with Crippen LogP contribution >= 0.6 is 11.3 Å². The molecular formula is C22H24N4O3S. The quantitative estimate of drug-likeness (QED) is 0.488. The van der Waals surface area contributed by atoms with Crippen molar-refractivity contribution in [3.8, 4) is 5.75 Å². The molecule has 0 fully saturated rings. The highest BCUT2D eigenvalue weighted by Gasteiger charge is 2.17. The van der Waals surface area contributed by atoms with Crippen molar-refractivity contribution >= 4 is 39.8 Å². The Kier molecular flexibility index (Phi) is 6.68. The fourth-order valence-corrected chi connectivity index (χ4v) is 3.66. The van der Waals surface area contributed by atoms with Gasteiger partial charge in [-0.25, -0.2) is 9.78 Å². The average molecular weight is 425 g/mol. The molecule has 0 aliphatic rings. The number of aryl methyl sites for hydroxylation is 1. The lowest BCUT2D eigenvalue weighted by Crippen LogP contribution is -2.19. The molecule has 0 radical (unpaired) electrons. The van der Waals surface area contributed by atoms with E-state index in [1.807, 2.05) is 30.3 Å². The van der Waals surface area contributed by atoms with Crippen molar-refractivity contribution in [2.24, 2.45) is 0 Å². The number of aromatic nitrogens is 1. The fourth-order valence-electron chi connectivity index (χ4n) is 2.80. The highest BCUT2D eigenvalue weighted by molar-refractivity contribution is 7.17. The predicted octanol–water partition coefficient (Wildman–Crippen LogP) is 5.48. The summed E-state index contributed by atoms with van der Waals surface area (Å²) in [5, 5.41) is 8.58. The Hall–Kier alpha value is -3.39. The fraction of sp³-hybridized carbons (Fsp3) is 0.227. The second kappa shape index (κ2) is 9.41. The monoisotopic (exact) mass is 424 g/mol. The molecule has 0 spiro atoms. The molecule has 3 amide bonds. The van der Waals surface area contributed by atoms with Gasteiger partial charge in [0.2, 0.25) is 0 Å². The standard InChI is InChI=1S/C22H24N4O3S/c1-13(2)15-9-11-16(12-10-15)24-20(27)19-14(3)23-22(30-19)26-21(28)25-17-7-5-6-8-18(17)29-4/h5-13H,1-4H3,(H,24,27)(H2,23,25,26,28). The summed E-state index contributed by atoms with van der Waals surface area (Å²) in [7, 11) is 1.53. The third-order valence-electron chi connectivity index (χ3n) is 4.41. The van der Waals surface area contributed by atoms with E-state index in [4.69, 9.17) is 4.74 Å². The number of amides is 3. The van der Waals surface area contributed by atoms with Gasteiger partial charge >= 0.3 is 6.03 Å². The van der Waals surface area contributed by atoms with Gasteiger partial charge in [-0.1, -0.05) is 49.4 Å². The van der Waals surface area contributed by atoms with Crippen molar-refractivity contribution in [1.29, 1.82) is 0 Å². The Morgan fingerprint density at radius 3 is 2.37 bits per heavy atom. The van der Waals surface area contributed by atoms with Gasteiger partial charge in [0, 0.05) is 5.69 Å². The number of anilines is 3. The Balaban J connectivity index is 1.65. The molecule has 0 atom stereocenters. The third kappa shape index (κ3) is 5.15. The first-order valence-electron chi connectivity index (χ1n) is 9.47. The van der Waals surface area contributed by atoms with Gasteiger partial charge in [-0.2, -0.15) is 0 Å². The van der Waals surface area contributed by atoms with E-state index in [1.54, 1.807) is 25.1 Å². The van der Waals surface area contributed by atoms with E-state index >= 15 is 0 Å². The lowest BCUT2D eigenvalue weighted by atomic mass is 10.0. The van der Waals surface area contributed by atoms with Crippen LogP contribution in [-0.2, 0) is 0 Å². The van der Waals surface area contributed by atoms with Crippen molar-refractivity contribution in [1.82, 2.24) is 4.98 Å². The molecule has 2 aromatic carbocycles. The molecule has 1 heterocycles. The summed E-state index contributed by atoms with van der Waals surface area (Å²) < 4.78 is 5.22. The van der Waals surface area contributed by atoms with E-state index in [1.165, 1.54) is 12.7 Å². The van der Waals surface area contributed by atoms with Gasteiger partial charge in [-0.15, -0.1) is 0 Å². The number of nitrogens with zero attached hydrogens (tertiary/aromatic N) is 1. The summed E-state index contributed by atoms with van der Waals surface area (Å²) in [6.45, 7) is 5.97. The minimum Gasteiger partial charge on any atom is -0.495 e. The number of nitrogens with one attached hydrogen (secondary N) is 3. The smallest absolute Gasteiger partial charge is 0.325 e. The number of hydrogen-bond acceptors (Lipinski definition) is 5. The van der Waals surface area contributed by atoms with Gasteiger partial charge in [0.05, 0.1) is 18.5 Å². The second-order valence-corrected chi connectivity index (χ2v) is 7.94. The van der Waals surface area contributed by atoms with Gasteiger partial charge in [0.15, 0.2) is 5.13 Å². The van der Waals surface area contributed by atoms with Crippen LogP contribution in [0.1, 0.15) is 40.7 Å². The summed E-state index contributed by atoms with van der Waals surface area (Å²) in [6.07, 6.45) is 0. The third-order valence-corrected chi connectivity index (χ3v) is 5.49. The molecular weight excluding hydrogens is 400 g/mol. The molecule has 30 heavy (non-hydrogen) atoms. The summed E-state index contributed by atoms with van der Waals surface area (Å²) >= 11 is 1.12. The van der Waals surface area contributed by atoms with Gasteiger partial charge in [-0.3, -0.25) is 10.1 Å². The number of benzene rings is 2. The van der Waals surface area contributed by atoms with Crippen molar-refractivity contribution in [3.63, 3.8) is 0 Å². The molecule has 3 rings (SSSR count). The molecule has 0 saturated carbocycles. The molecule has 1 aromatic heterocycles. The average Bonchev–Trinajstić information content (AvgIpc) is 3.08. The minimum absolute atomic E-state index is 0.263. The Labute approximate surface area is 179 Å². The van der Waals surface area contributed by atoms with E-state index in [2.05, 4.69) is 34.8 Å². The molecule has 0 saturated heterocycles. The number of urea groups is 1. The number of thiazole rings is 1. The largest absolute Gasteiger partial charge is 0.495 e. The number of methoxy groups -OCH3 is 1. The van der Waals surface area contributed by atoms with Gasteiger partial charge in [0.1, 0.15) is 10.6 Å². The molecule has 7 nitrogen and oxygen atoms in total. The van der Waals surface area contributed by atoms with Crippen LogP contribution in [0, 0.1) is 6.92 Å². The molecule has 156 valence electrons. The minimum atomic E-state index is -0.468. The normalized spacial score (nSPS) is 10.6. The molecule has 0 aliphatic heterocycles. The molecule has 0 bridgehead atoms. The van der Waals surface area contributed by atoms with Crippen LogP contribution < -0.4 is 20.7 Å². The lowest BCUT2D eigenvalue weighted by molar-refractivity contribution is 0.103. The van der Waals surface area contributed by atoms with Crippen molar-refractivity contribution in [3.05, 3.63) is 64.7 Å². The zero-order chi connectivity index (χ0) is 21.7. The van der Waals surface area contributed by atoms with E-state index < -0.39 is 6.03 Å². The molecule has 3 aromatic rings. The first-order valence-corrected chi connectivity index (χ1v) is 10.3. The summed E-state index contributed by atoms with van der Waals surface area (Å²) in [6, 6.07) is 14.4. The Morgan fingerprint density at radius 1 is 1.00 bits per heavy atom. The van der Waals surface area contributed by atoms with Crippen molar-refractivity contribution in [2.75, 3.05) is 23.1 Å². The van der Waals surface area contributed by atoms with Crippen LogP contribution in [0.5, 0.6) is 5.75 Å². The topological polar surface area (TPSA) is 92.3 Å². The van der Waals surface area contributed by atoms with Crippen LogP contribution in [0.2, 0.25) is 0 Å². The van der Waals surface area contributed by atoms with Crippen LogP contribution in [-0.4, -0.2) is 24.0 Å². The number of carbonyl (C=O) groups is 2. The number of rotatable bonds is 6. The number of para-hydroxylation sites is 2. The van der Waals surface area contributed by atoms with E-state index in [0.29, 0.717) is 38.7 Å². The summed E-state index contributed by atoms with van der Waals surface area (Å²) in [5.41, 5.74) is 2.99. The van der Waals surface area contributed by atoms with Crippen LogP contribution in [0.3, 0.4) is 0 Å². The SMILES string of the molecule is COc1ccccc1NC(=O)Nc1nc(C)c(C(=O)Nc2ccc(C(C)C)cc2)s1. The maximum absolute atomic E-state index is 12.6. The molecule has 8 heteroatoms. The summed E-state index contributed by atoms with van der Waals surface area (Å²) in [4.78, 5) is 29.7. The van der Waals surface area contributed by atoms with E-state index in [9.17, 15) is 9.59 Å². The highest BCUT2D eigenvalue weighted by atomic mass is 32.1. The van der Waals surface area contributed by atoms with Crippen LogP contribution in [0.4, 0.5) is 21.3 Å². The molecule has 0 aliphatic carbocycles. The Bertz CT molecular complexity index is 1040. The van der Waals surface area contributed by atoms with Crippen LogP contribution in [0.25, 0.3) is 0 Å². The molecule has 3 N–H and O–H groups in total. The number of carbonyl (C=O) groups excluding carboxylic acids is 2. The van der Waals surface area contributed by atoms with Gasteiger partial charge in [-0.05, 0) is 42.7 Å². The number of hydrogen-bond donors (Lipinski definition) is 3. The van der Waals surface area contributed by atoms with Gasteiger partial charge in [0.25, 0.3) is 5.91 Å². The second-order valence-electron chi connectivity index (χ2n) is 6.94. The van der Waals surface area contributed by atoms with Crippen LogP contribution in [0.15, 0.2) is 48.5 Å².